The molecule has 0 fully saturated rings. The number of carbonyl (C=O) groups is 1. The molecule has 0 bridgehead atoms. The van der Waals surface area contributed by atoms with E-state index in [1.165, 1.54) is 0 Å². The Kier molecular flexibility index (Phi) is 8.98. The second-order valence-corrected chi connectivity index (χ2v) is 12.9. The predicted octanol–water partition coefficient (Wildman–Crippen LogP) is 2.96. The Balaban J connectivity index is 4.44. The van der Waals surface area contributed by atoms with E-state index in [1.807, 2.05) is 6.92 Å². The quantitative estimate of drug-likeness (QED) is 0.495. The fourth-order valence-electron chi connectivity index (χ4n) is 2.09. The van der Waals surface area contributed by atoms with Gasteiger partial charge < -0.3 is 19.4 Å². The standard InChI is InChI=1S/C17H36O5Si/c1-9-21-16(20)15(19)14(18)13(3)10-12(2)11-22-23(7,8)17(4,5)6/h12-15,18-19H,9-11H2,1-8H3/t12-,13+,14-,15-/m1/s1. The van der Waals surface area contributed by atoms with E-state index in [0.717, 1.165) is 0 Å². The largest absolute Gasteiger partial charge is 0.464 e. The molecule has 23 heavy (non-hydrogen) atoms. The molecule has 0 heterocycles. The van der Waals surface area contributed by atoms with Gasteiger partial charge in [-0.1, -0.05) is 34.6 Å². The van der Waals surface area contributed by atoms with Gasteiger partial charge in [0.15, 0.2) is 14.4 Å². The first kappa shape index (κ1) is 22.6. The van der Waals surface area contributed by atoms with E-state index in [0.29, 0.717) is 13.0 Å². The molecule has 4 atom stereocenters. The number of rotatable bonds is 9. The van der Waals surface area contributed by atoms with Crippen LogP contribution in [0.4, 0.5) is 0 Å². The summed E-state index contributed by atoms with van der Waals surface area (Å²) in [6, 6.07) is 0. The summed E-state index contributed by atoms with van der Waals surface area (Å²) >= 11 is 0. The highest BCUT2D eigenvalue weighted by atomic mass is 28.4. The number of ether oxygens (including phenoxy) is 1. The molecule has 138 valence electrons. The second kappa shape index (κ2) is 9.16. The summed E-state index contributed by atoms with van der Waals surface area (Å²) in [6.07, 6.45) is -1.94. The molecular formula is C17H36O5Si. The minimum absolute atomic E-state index is 0.165. The summed E-state index contributed by atoms with van der Waals surface area (Å²) in [7, 11) is -1.78. The molecular weight excluding hydrogens is 312 g/mol. The number of hydrogen-bond acceptors (Lipinski definition) is 5. The first-order chi connectivity index (χ1) is 10.3. The SMILES string of the molecule is CCOC(=O)[C@H](O)[C@H](O)[C@@H](C)C[C@@H](C)CO[Si](C)(C)C(C)(C)C. The number of esters is 1. The van der Waals surface area contributed by atoms with Crippen LogP contribution in [-0.4, -0.2) is 49.9 Å². The van der Waals surface area contributed by atoms with E-state index in [9.17, 15) is 15.0 Å². The zero-order chi connectivity index (χ0) is 18.4. The molecule has 0 radical (unpaired) electrons. The number of carbonyl (C=O) groups excluding carboxylic acids is 1. The number of aliphatic hydroxyl groups is 2. The first-order valence-corrected chi connectivity index (χ1v) is 11.4. The van der Waals surface area contributed by atoms with E-state index in [4.69, 9.17) is 9.16 Å². The third-order valence-electron chi connectivity index (χ3n) is 4.74. The minimum atomic E-state index is -1.78. The van der Waals surface area contributed by atoms with Crippen molar-refractivity contribution in [2.45, 2.75) is 78.3 Å². The summed E-state index contributed by atoms with van der Waals surface area (Å²) in [5.41, 5.74) is 0. The monoisotopic (exact) mass is 348 g/mol. The van der Waals surface area contributed by atoms with Gasteiger partial charge in [-0.25, -0.2) is 4.79 Å². The second-order valence-electron chi connectivity index (χ2n) is 8.08. The Bertz CT molecular complexity index is 364. The number of hydrogen-bond donors (Lipinski definition) is 2. The lowest BCUT2D eigenvalue weighted by Gasteiger charge is -2.37. The van der Waals surface area contributed by atoms with Crippen molar-refractivity contribution in [2.75, 3.05) is 13.2 Å². The van der Waals surface area contributed by atoms with Crippen LogP contribution in [0.5, 0.6) is 0 Å². The van der Waals surface area contributed by atoms with Crippen LogP contribution in [-0.2, 0) is 14.0 Å². The van der Waals surface area contributed by atoms with Crippen LogP contribution in [0.25, 0.3) is 0 Å². The topological polar surface area (TPSA) is 76.0 Å². The molecule has 0 aliphatic rings. The van der Waals surface area contributed by atoms with Crippen LogP contribution < -0.4 is 0 Å². The Morgan fingerprint density at radius 3 is 2.13 bits per heavy atom. The van der Waals surface area contributed by atoms with Crippen molar-refractivity contribution in [3.8, 4) is 0 Å². The van der Waals surface area contributed by atoms with Gasteiger partial charge in [0, 0.05) is 6.61 Å². The molecule has 0 aromatic heterocycles. The lowest BCUT2D eigenvalue weighted by molar-refractivity contribution is -0.161. The van der Waals surface area contributed by atoms with E-state index in [2.05, 4.69) is 40.8 Å². The zero-order valence-electron chi connectivity index (χ0n) is 16.0. The fourth-order valence-corrected chi connectivity index (χ4v) is 3.22. The van der Waals surface area contributed by atoms with Crippen molar-refractivity contribution in [3.63, 3.8) is 0 Å². The van der Waals surface area contributed by atoms with Crippen LogP contribution in [0.3, 0.4) is 0 Å². The Hall–Kier alpha value is -0.433. The van der Waals surface area contributed by atoms with E-state index < -0.39 is 26.5 Å². The van der Waals surface area contributed by atoms with Crippen LogP contribution >= 0.6 is 0 Å². The minimum Gasteiger partial charge on any atom is -0.464 e. The number of aliphatic hydroxyl groups excluding tert-OH is 2. The van der Waals surface area contributed by atoms with Gasteiger partial charge in [-0.3, -0.25) is 0 Å². The summed E-state index contributed by atoms with van der Waals surface area (Å²) < 4.78 is 10.9. The summed E-state index contributed by atoms with van der Waals surface area (Å²) in [4.78, 5) is 11.5. The lowest BCUT2D eigenvalue weighted by atomic mass is 9.90. The summed E-state index contributed by atoms with van der Waals surface area (Å²) in [6.45, 7) is 17.4. The maximum atomic E-state index is 11.5. The van der Waals surface area contributed by atoms with E-state index >= 15 is 0 Å². The summed E-state index contributed by atoms with van der Waals surface area (Å²) in [5.74, 6) is -0.743. The molecule has 0 unspecified atom stereocenters. The first-order valence-electron chi connectivity index (χ1n) is 8.50. The van der Waals surface area contributed by atoms with Gasteiger partial charge in [0.05, 0.1) is 12.7 Å². The van der Waals surface area contributed by atoms with Gasteiger partial charge in [0.2, 0.25) is 0 Å². The molecule has 0 spiro atoms. The molecule has 2 N–H and O–H groups in total. The van der Waals surface area contributed by atoms with Crippen molar-refractivity contribution >= 4 is 14.3 Å². The van der Waals surface area contributed by atoms with Gasteiger partial charge in [-0.05, 0) is 43.3 Å². The molecule has 0 aliphatic carbocycles. The van der Waals surface area contributed by atoms with Gasteiger partial charge in [-0.2, -0.15) is 0 Å². The van der Waals surface area contributed by atoms with Gasteiger partial charge in [-0.15, -0.1) is 0 Å². The highest BCUT2D eigenvalue weighted by Gasteiger charge is 2.37. The van der Waals surface area contributed by atoms with Crippen molar-refractivity contribution in [3.05, 3.63) is 0 Å². The zero-order valence-corrected chi connectivity index (χ0v) is 17.0. The molecule has 5 nitrogen and oxygen atoms in total. The maximum absolute atomic E-state index is 11.5. The third-order valence-corrected chi connectivity index (χ3v) is 9.24. The molecule has 0 rings (SSSR count). The fraction of sp³-hybridized carbons (Fsp3) is 0.941. The Morgan fingerprint density at radius 2 is 1.70 bits per heavy atom. The average molecular weight is 349 g/mol. The predicted molar refractivity (Wildman–Crippen MR) is 94.7 cm³/mol. The molecule has 0 aromatic carbocycles. The molecule has 0 saturated heterocycles. The van der Waals surface area contributed by atoms with E-state index in [-0.39, 0.29) is 23.5 Å². The molecule has 0 aliphatic heterocycles. The highest BCUT2D eigenvalue weighted by Crippen LogP contribution is 2.37. The summed E-state index contributed by atoms with van der Waals surface area (Å²) in [5, 5.41) is 20.1. The Morgan fingerprint density at radius 1 is 1.17 bits per heavy atom. The molecule has 6 heteroatoms. The van der Waals surface area contributed by atoms with Gasteiger partial charge >= 0.3 is 5.97 Å². The molecule has 0 saturated carbocycles. The molecule has 0 aromatic rings. The van der Waals surface area contributed by atoms with Crippen molar-refractivity contribution < 1.29 is 24.2 Å². The van der Waals surface area contributed by atoms with Gasteiger partial charge in [0.25, 0.3) is 0 Å². The third kappa shape index (κ3) is 7.33. The normalized spacial score (nSPS) is 18.2. The smallest absolute Gasteiger partial charge is 0.337 e. The van der Waals surface area contributed by atoms with Crippen molar-refractivity contribution in [1.29, 1.82) is 0 Å². The van der Waals surface area contributed by atoms with E-state index in [1.54, 1.807) is 6.92 Å². The van der Waals surface area contributed by atoms with Crippen LogP contribution in [0.15, 0.2) is 0 Å². The van der Waals surface area contributed by atoms with Gasteiger partial charge in [0.1, 0.15) is 0 Å². The highest BCUT2D eigenvalue weighted by molar-refractivity contribution is 6.74. The average Bonchev–Trinajstić information content (AvgIpc) is 2.42. The van der Waals surface area contributed by atoms with Crippen LogP contribution in [0.2, 0.25) is 18.1 Å². The Labute approximate surface area is 142 Å². The van der Waals surface area contributed by atoms with Crippen LogP contribution in [0, 0.1) is 11.8 Å². The van der Waals surface area contributed by atoms with Crippen molar-refractivity contribution in [1.82, 2.24) is 0 Å². The lowest BCUT2D eigenvalue weighted by Crippen LogP contribution is -2.42. The maximum Gasteiger partial charge on any atom is 0.337 e. The van der Waals surface area contributed by atoms with Crippen molar-refractivity contribution in [2.24, 2.45) is 11.8 Å². The van der Waals surface area contributed by atoms with Crippen LogP contribution in [0.1, 0.15) is 48.0 Å². The molecule has 0 amide bonds.